The first kappa shape index (κ1) is 15.0. The number of hydrogen-bond acceptors (Lipinski definition) is 4. The van der Waals surface area contributed by atoms with Crippen LogP contribution < -0.4 is 0 Å². The van der Waals surface area contributed by atoms with Crippen LogP contribution in [-0.2, 0) is 28.9 Å². The second-order valence-electron chi connectivity index (χ2n) is 4.20. The normalized spacial score (nSPS) is 11.3. The van der Waals surface area contributed by atoms with Gasteiger partial charge in [-0.15, -0.1) is 0 Å². The molecule has 0 spiro atoms. The summed E-state index contributed by atoms with van der Waals surface area (Å²) in [6, 6.07) is 4.17. The van der Waals surface area contributed by atoms with E-state index in [0.29, 0.717) is 0 Å². The van der Waals surface area contributed by atoms with Gasteiger partial charge in [0.15, 0.2) is 6.17 Å². The Morgan fingerprint density at radius 2 is 1.42 bits per heavy atom. The summed E-state index contributed by atoms with van der Waals surface area (Å²) in [6.45, 7) is 6.16. The van der Waals surface area contributed by atoms with E-state index in [9.17, 15) is 9.59 Å². The molecule has 0 heterocycles. The minimum atomic E-state index is -0.814. The van der Waals surface area contributed by atoms with Crippen molar-refractivity contribution in [3.63, 3.8) is 0 Å². The Labute approximate surface area is 113 Å². The van der Waals surface area contributed by atoms with Crippen LogP contribution in [0.3, 0.4) is 0 Å². The molecular formula is C15H18N2O2. The molecule has 0 aliphatic heterocycles. The maximum Gasteiger partial charge on any atom is 0.237 e. The molecule has 0 aliphatic carbocycles. The summed E-state index contributed by atoms with van der Waals surface area (Å²) in [6.07, 6.45) is 4.70. The van der Waals surface area contributed by atoms with E-state index in [1.54, 1.807) is 0 Å². The van der Waals surface area contributed by atoms with Gasteiger partial charge in [-0.25, -0.2) is 9.59 Å². The smallest absolute Gasteiger partial charge is 0.211 e. The van der Waals surface area contributed by atoms with E-state index in [1.807, 2.05) is 13.8 Å². The molecule has 1 rings (SSSR count). The zero-order chi connectivity index (χ0) is 14.3. The molecule has 0 unspecified atom stereocenters. The molecule has 100 valence electrons. The minimum absolute atomic E-state index is 0.801. The van der Waals surface area contributed by atoms with Crippen molar-refractivity contribution in [3.05, 3.63) is 34.4 Å². The number of hydrogen-bond donors (Lipinski definition) is 0. The standard InChI is InChI=1S/C15H18N2O2/c1-4-11-7-12(5-2)14(13(6-3)8-11)15(16-9-18)17-10-19/h7-8,15H,4-6H2,1-3H3. The van der Waals surface area contributed by atoms with Gasteiger partial charge in [-0.2, -0.15) is 9.98 Å². The predicted octanol–water partition coefficient (Wildman–Crippen LogP) is 3.04. The highest BCUT2D eigenvalue weighted by molar-refractivity contribution is 5.46. The Hall–Kier alpha value is -2.02. The van der Waals surface area contributed by atoms with E-state index in [2.05, 4.69) is 29.0 Å². The molecule has 0 bridgehead atoms. The fourth-order valence-electron chi connectivity index (χ4n) is 2.23. The summed E-state index contributed by atoms with van der Waals surface area (Å²) in [5, 5.41) is 0. The molecule has 0 saturated carbocycles. The average molecular weight is 258 g/mol. The molecule has 4 nitrogen and oxygen atoms in total. The van der Waals surface area contributed by atoms with Crippen molar-refractivity contribution >= 4 is 12.2 Å². The zero-order valence-corrected chi connectivity index (χ0v) is 11.6. The molecule has 0 aliphatic rings. The Kier molecular flexibility index (Phi) is 5.87. The number of isocyanates is 2. The minimum Gasteiger partial charge on any atom is -0.211 e. The lowest BCUT2D eigenvalue weighted by Crippen LogP contribution is -2.05. The van der Waals surface area contributed by atoms with E-state index in [4.69, 9.17) is 0 Å². The third-order valence-corrected chi connectivity index (χ3v) is 3.19. The fourth-order valence-corrected chi connectivity index (χ4v) is 2.23. The number of benzene rings is 1. The monoisotopic (exact) mass is 258 g/mol. The molecule has 0 amide bonds. The zero-order valence-electron chi connectivity index (χ0n) is 11.6. The van der Waals surface area contributed by atoms with Crippen molar-refractivity contribution in [3.8, 4) is 0 Å². The van der Waals surface area contributed by atoms with Crippen LogP contribution in [-0.4, -0.2) is 12.2 Å². The van der Waals surface area contributed by atoms with Crippen LogP contribution in [0.25, 0.3) is 0 Å². The quantitative estimate of drug-likeness (QED) is 0.581. The Morgan fingerprint density at radius 3 is 1.74 bits per heavy atom. The van der Waals surface area contributed by atoms with Gasteiger partial charge in [-0.05, 0) is 36.0 Å². The molecule has 0 atom stereocenters. The maximum atomic E-state index is 10.5. The van der Waals surface area contributed by atoms with Gasteiger partial charge in [0, 0.05) is 5.56 Å². The van der Waals surface area contributed by atoms with Gasteiger partial charge in [0.05, 0.1) is 0 Å². The number of aryl methyl sites for hydroxylation is 3. The molecule has 0 aromatic heterocycles. The first-order chi connectivity index (χ1) is 9.21. The lowest BCUT2D eigenvalue weighted by atomic mass is 9.92. The van der Waals surface area contributed by atoms with E-state index in [0.717, 1.165) is 36.0 Å². The first-order valence-electron chi connectivity index (χ1n) is 6.50. The predicted molar refractivity (Wildman–Crippen MR) is 73.6 cm³/mol. The molecule has 1 aromatic carbocycles. The highest BCUT2D eigenvalue weighted by Gasteiger charge is 2.17. The third kappa shape index (κ3) is 3.47. The van der Waals surface area contributed by atoms with Crippen LogP contribution in [0, 0.1) is 0 Å². The van der Waals surface area contributed by atoms with E-state index < -0.39 is 6.17 Å². The van der Waals surface area contributed by atoms with Gasteiger partial charge in [0.1, 0.15) is 0 Å². The number of rotatable bonds is 6. The van der Waals surface area contributed by atoms with Crippen LogP contribution in [0.2, 0.25) is 0 Å². The van der Waals surface area contributed by atoms with E-state index in [1.165, 1.54) is 17.7 Å². The van der Waals surface area contributed by atoms with E-state index in [-0.39, 0.29) is 0 Å². The molecule has 19 heavy (non-hydrogen) atoms. The summed E-state index contributed by atoms with van der Waals surface area (Å²) in [5.41, 5.74) is 4.22. The van der Waals surface area contributed by atoms with Gasteiger partial charge in [0.2, 0.25) is 12.2 Å². The maximum absolute atomic E-state index is 10.5. The Bertz CT molecular complexity index is 496. The van der Waals surface area contributed by atoms with Crippen molar-refractivity contribution in [1.29, 1.82) is 0 Å². The summed E-state index contributed by atoms with van der Waals surface area (Å²) >= 11 is 0. The second-order valence-corrected chi connectivity index (χ2v) is 4.20. The fraction of sp³-hybridized carbons (Fsp3) is 0.467. The summed E-state index contributed by atoms with van der Waals surface area (Å²) in [5.74, 6) is 0. The van der Waals surface area contributed by atoms with Crippen LogP contribution in [0.5, 0.6) is 0 Å². The highest BCUT2D eigenvalue weighted by atomic mass is 16.1. The Morgan fingerprint density at radius 1 is 0.947 bits per heavy atom. The van der Waals surface area contributed by atoms with Crippen molar-refractivity contribution in [2.24, 2.45) is 9.98 Å². The van der Waals surface area contributed by atoms with Crippen LogP contribution in [0.1, 0.15) is 49.2 Å². The van der Waals surface area contributed by atoms with Crippen molar-refractivity contribution < 1.29 is 9.59 Å². The molecule has 0 N–H and O–H groups in total. The number of aliphatic imine (C=N–C) groups is 2. The summed E-state index contributed by atoms with van der Waals surface area (Å²) < 4.78 is 0. The molecule has 0 radical (unpaired) electrons. The molecule has 0 saturated heterocycles. The average Bonchev–Trinajstić information content (AvgIpc) is 2.45. The first-order valence-corrected chi connectivity index (χ1v) is 6.50. The Balaban J connectivity index is 3.53. The largest absolute Gasteiger partial charge is 0.237 e. The molecule has 1 aromatic rings. The van der Waals surface area contributed by atoms with Crippen molar-refractivity contribution in [2.45, 2.75) is 46.2 Å². The summed E-state index contributed by atoms with van der Waals surface area (Å²) in [4.78, 5) is 28.3. The number of nitrogens with zero attached hydrogens (tertiary/aromatic N) is 2. The van der Waals surface area contributed by atoms with Gasteiger partial charge in [-0.1, -0.05) is 32.9 Å². The van der Waals surface area contributed by atoms with E-state index >= 15 is 0 Å². The summed E-state index contributed by atoms with van der Waals surface area (Å²) in [7, 11) is 0. The molecule has 4 heteroatoms. The highest BCUT2D eigenvalue weighted by Crippen LogP contribution is 2.29. The molecule has 0 fully saturated rings. The van der Waals surface area contributed by atoms with Crippen molar-refractivity contribution in [1.82, 2.24) is 0 Å². The van der Waals surface area contributed by atoms with Crippen LogP contribution in [0.15, 0.2) is 22.1 Å². The SMILES string of the molecule is CCc1cc(CC)c(C(N=C=O)N=C=O)c(CC)c1. The van der Waals surface area contributed by atoms with Gasteiger partial charge >= 0.3 is 0 Å². The van der Waals surface area contributed by atoms with Crippen LogP contribution >= 0.6 is 0 Å². The van der Waals surface area contributed by atoms with Gasteiger partial charge < -0.3 is 0 Å². The lowest BCUT2D eigenvalue weighted by molar-refractivity contribution is 0.551. The van der Waals surface area contributed by atoms with Crippen LogP contribution in [0.4, 0.5) is 0 Å². The second kappa shape index (κ2) is 7.42. The topological polar surface area (TPSA) is 58.9 Å². The molecular weight excluding hydrogens is 240 g/mol. The van der Waals surface area contributed by atoms with Gasteiger partial charge in [-0.3, -0.25) is 0 Å². The lowest BCUT2D eigenvalue weighted by Gasteiger charge is -2.17. The third-order valence-electron chi connectivity index (χ3n) is 3.19. The number of carbonyl (C=O) groups excluding carboxylic acids is 2. The van der Waals surface area contributed by atoms with Gasteiger partial charge in [0.25, 0.3) is 0 Å². The van der Waals surface area contributed by atoms with Crippen molar-refractivity contribution in [2.75, 3.05) is 0 Å².